The average Bonchev–Trinajstić information content (AvgIpc) is 2.59. The first kappa shape index (κ1) is 12.7. The van der Waals surface area contributed by atoms with Gasteiger partial charge in [0, 0.05) is 13.0 Å². The normalized spacial score (nSPS) is 32.2. The molecular weight excluding hydrogens is 216 g/mol. The molecule has 0 aromatic heterocycles. The minimum absolute atomic E-state index is 0.203. The summed E-state index contributed by atoms with van der Waals surface area (Å²) in [5, 5.41) is 0. The van der Waals surface area contributed by atoms with Crippen molar-refractivity contribution in [3.8, 4) is 0 Å². The van der Waals surface area contributed by atoms with Gasteiger partial charge in [-0.25, -0.2) is 4.39 Å². The summed E-state index contributed by atoms with van der Waals surface area (Å²) in [4.78, 5) is 0. The zero-order chi connectivity index (χ0) is 11.5. The summed E-state index contributed by atoms with van der Waals surface area (Å²) in [6.45, 7) is 0.438. The molecule has 1 aliphatic rings. The molecule has 2 atom stereocenters. The van der Waals surface area contributed by atoms with Gasteiger partial charge in [0.1, 0.15) is 6.67 Å². The maximum Gasteiger partial charge on any atom is 0.394 e. The molecule has 0 aliphatic carbocycles. The number of halogens is 4. The van der Waals surface area contributed by atoms with E-state index in [0.717, 1.165) is 0 Å². The van der Waals surface area contributed by atoms with Crippen molar-refractivity contribution in [2.24, 2.45) is 5.92 Å². The molecule has 0 radical (unpaired) electrons. The van der Waals surface area contributed by atoms with E-state index in [1.54, 1.807) is 6.92 Å². The van der Waals surface area contributed by atoms with Crippen LogP contribution in [0.2, 0.25) is 0 Å². The Morgan fingerprint density at radius 1 is 1.47 bits per heavy atom. The van der Waals surface area contributed by atoms with Gasteiger partial charge in [0.25, 0.3) is 0 Å². The third-order valence-corrected chi connectivity index (χ3v) is 2.34. The predicted octanol–water partition coefficient (Wildman–Crippen LogP) is 2.68. The fourth-order valence-electron chi connectivity index (χ4n) is 1.48. The lowest BCUT2D eigenvalue weighted by Gasteiger charge is -2.25. The fourth-order valence-corrected chi connectivity index (χ4v) is 1.48. The van der Waals surface area contributed by atoms with E-state index in [1.807, 2.05) is 0 Å². The van der Waals surface area contributed by atoms with E-state index in [1.165, 1.54) is 0 Å². The van der Waals surface area contributed by atoms with Gasteiger partial charge in [-0.15, -0.1) is 0 Å². The van der Waals surface area contributed by atoms with Gasteiger partial charge in [-0.1, -0.05) is 6.92 Å². The van der Waals surface area contributed by atoms with E-state index in [-0.39, 0.29) is 6.61 Å². The van der Waals surface area contributed by atoms with Crippen molar-refractivity contribution in [3.63, 3.8) is 0 Å². The minimum Gasteiger partial charge on any atom is -0.347 e. The van der Waals surface area contributed by atoms with Crippen LogP contribution in [0.5, 0.6) is 0 Å². The van der Waals surface area contributed by atoms with Gasteiger partial charge in [0.2, 0.25) is 0 Å². The molecule has 0 aromatic carbocycles. The second-order valence-corrected chi connectivity index (χ2v) is 3.65. The topological polar surface area (TPSA) is 18.5 Å². The highest BCUT2D eigenvalue weighted by atomic mass is 19.4. The highest BCUT2D eigenvalue weighted by molar-refractivity contribution is 4.84. The standard InChI is InChI=1S/C9H14F4O2/c1-2-3-14-8(6-10)4-7(5-15-8)9(11,12)13/h7H,2-6H2,1H3. The van der Waals surface area contributed by atoms with Crippen molar-refractivity contribution in [3.05, 3.63) is 0 Å². The molecule has 1 fully saturated rings. The summed E-state index contributed by atoms with van der Waals surface area (Å²) in [6.07, 6.45) is -4.18. The lowest BCUT2D eigenvalue weighted by molar-refractivity contribution is -0.218. The van der Waals surface area contributed by atoms with Crippen molar-refractivity contribution in [2.45, 2.75) is 31.7 Å². The van der Waals surface area contributed by atoms with Crippen molar-refractivity contribution in [1.29, 1.82) is 0 Å². The first-order chi connectivity index (χ1) is 6.93. The molecule has 90 valence electrons. The van der Waals surface area contributed by atoms with E-state index in [9.17, 15) is 17.6 Å². The van der Waals surface area contributed by atoms with Gasteiger partial charge in [0.05, 0.1) is 12.5 Å². The van der Waals surface area contributed by atoms with Crippen LogP contribution in [-0.4, -0.2) is 31.9 Å². The van der Waals surface area contributed by atoms with Gasteiger partial charge >= 0.3 is 6.18 Å². The van der Waals surface area contributed by atoms with Crippen LogP contribution >= 0.6 is 0 Å². The van der Waals surface area contributed by atoms with Crippen LogP contribution in [0, 0.1) is 5.92 Å². The van der Waals surface area contributed by atoms with Crippen molar-refractivity contribution in [1.82, 2.24) is 0 Å². The first-order valence-corrected chi connectivity index (χ1v) is 4.84. The molecule has 0 spiro atoms. The molecule has 0 saturated carbocycles. The third kappa shape index (κ3) is 3.04. The van der Waals surface area contributed by atoms with Crippen LogP contribution in [0.25, 0.3) is 0 Å². The SMILES string of the molecule is CCCOC1(CF)CC(C(F)(F)F)CO1. The first-order valence-electron chi connectivity index (χ1n) is 4.84. The molecule has 1 saturated heterocycles. The summed E-state index contributed by atoms with van der Waals surface area (Å²) in [6, 6.07) is 0. The van der Waals surface area contributed by atoms with Crippen LogP contribution in [0.1, 0.15) is 19.8 Å². The van der Waals surface area contributed by atoms with Crippen molar-refractivity contribution in [2.75, 3.05) is 19.9 Å². The molecule has 0 aromatic rings. The van der Waals surface area contributed by atoms with Gasteiger partial charge in [-0.2, -0.15) is 13.2 Å². The van der Waals surface area contributed by atoms with Gasteiger partial charge in [0.15, 0.2) is 5.79 Å². The lowest BCUT2D eigenvalue weighted by Crippen LogP contribution is -2.35. The molecule has 2 unspecified atom stereocenters. The fraction of sp³-hybridized carbons (Fsp3) is 1.00. The summed E-state index contributed by atoms with van der Waals surface area (Å²) < 4.78 is 59.4. The van der Waals surface area contributed by atoms with E-state index >= 15 is 0 Å². The number of alkyl halides is 4. The minimum atomic E-state index is -4.34. The summed E-state index contributed by atoms with van der Waals surface area (Å²) >= 11 is 0. The van der Waals surface area contributed by atoms with Gasteiger partial charge in [-0.05, 0) is 6.42 Å². The van der Waals surface area contributed by atoms with Gasteiger partial charge < -0.3 is 9.47 Å². The van der Waals surface area contributed by atoms with Crippen molar-refractivity contribution < 1.29 is 27.0 Å². The molecule has 1 heterocycles. The largest absolute Gasteiger partial charge is 0.394 e. The number of hydrogen-bond acceptors (Lipinski definition) is 2. The van der Waals surface area contributed by atoms with Crippen LogP contribution in [0.3, 0.4) is 0 Å². The Kier molecular flexibility index (Phi) is 3.94. The Bertz CT molecular complexity index is 207. The van der Waals surface area contributed by atoms with Crippen LogP contribution in [0.4, 0.5) is 17.6 Å². The maximum absolute atomic E-state index is 12.6. The summed E-state index contributed by atoms with van der Waals surface area (Å²) in [7, 11) is 0. The second kappa shape index (κ2) is 4.65. The zero-order valence-corrected chi connectivity index (χ0v) is 8.44. The molecule has 2 nitrogen and oxygen atoms in total. The molecule has 0 N–H and O–H groups in total. The summed E-state index contributed by atoms with van der Waals surface area (Å²) in [5.41, 5.74) is 0. The van der Waals surface area contributed by atoms with E-state index in [2.05, 4.69) is 0 Å². The zero-order valence-electron chi connectivity index (χ0n) is 8.44. The maximum atomic E-state index is 12.6. The Balaban J connectivity index is 2.57. The Labute approximate surface area is 85.5 Å². The van der Waals surface area contributed by atoms with E-state index < -0.39 is 37.6 Å². The molecule has 15 heavy (non-hydrogen) atoms. The second-order valence-electron chi connectivity index (χ2n) is 3.65. The molecule has 0 amide bonds. The highest BCUT2D eigenvalue weighted by Gasteiger charge is 2.52. The van der Waals surface area contributed by atoms with Crippen LogP contribution in [0.15, 0.2) is 0 Å². The summed E-state index contributed by atoms with van der Waals surface area (Å²) in [5.74, 6) is -3.29. The third-order valence-electron chi connectivity index (χ3n) is 2.34. The van der Waals surface area contributed by atoms with E-state index in [4.69, 9.17) is 9.47 Å². The Morgan fingerprint density at radius 2 is 2.13 bits per heavy atom. The van der Waals surface area contributed by atoms with Crippen LogP contribution in [-0.2, 0) is 9.47 Å². The number of hydrogen-bond donors (Lipinski definition) is 0. The van der Waals surface area contributed by atoms with E-state index in [0.29, 0.717) is 6.42 Å². The lowest BCUT2D eigenvalue weighted by atomic mass is 10.0. The molecule has 1 aliphatic heterocycles. The van der Waals surface area contributed by atoms with Crippen molar-refractivity contribution >= 4 is 0 Å². The van der Waals surface area contributed by atoms with Crippen LogP contribution < -0.4 is 0 Å². The number of rotatable bonds is 4. The van der Waals surface area contributed by atoms with Gasteiger partial charge in [-0.3, -0.25) is 0 Å². The highest BCUT2D eigenvalue weighted by Crippen LogP contribution is 2.40. The Hall–Kier alpha value is -0.360. The Morgan fingerprint density at radius 3 is 2.53 bits per heavy atom. The molecule has 0 bridgehead atoms. The molecule has 6 heteroatoms. The quantitative estimate of drug-likeness (QED) is 0.691. The smallest absolute Gasteiger partial charge is 0.347 e. The molecular formula is C9H14F4O2. The average molecular weight is 230 g/mol. The number of ether oxygens (including phenoxy) is 2. The molecule has 1 rings (SSSR count). The predicted molar refractivity (Wildman–Crippen MR) is 45.1 cm³/mol. The monoisotopic (exact) mass is 230 g/mol.